The number of urea groups is 1. The van der Waals surface area contributed by atoms with Crippen LogP contribution in [0.15, 0.2) is 24.3 Å². The molecule has 0 spiro atoms. The molecular weight excluding hydrogens is 320 g/mol. The van der Waals surface area contributed by atoms with E-state index in [1.54, 1.807) is 0 Å². The molecule has 0 aliphatic carbocycles. The van der Waals surface area contributed by atoms with Gasteiger partial charge in [-0.3, -0.25) is 5.32 Å². The molecule has 2 amide bonds. The first-order valence-electron chi connectivity index (χ1n) is 7.43. The lowest BCUT2D eigenvalue weighted by atomic mass is 10.2. The van der Waals surface area contributed by atoms with Gasteiger partial charge >= 0.3 is 6.03 Å². The fourth-order valence-electron chi connectivity index (χ4n) is 2.56. The van der Waals surface area contributed by atoms with Crippen LogP contribution >= 0.6 is 0 Å². The minimum atomic E-state index is -2.79. The number of rotatable bonds is 2. The SMILES string of the molecule is CC1COc2ccccc2CN1C(=O)Nc1nnn(C)c1C(F)F. The number of nitrogens with zero attached hydrogens (tertiary/aromatic N) is 4. The van der Waals surface area contributed by atoms with Crippen molar-refractivity contribution in [2.75, 3.05) is 11.9 Å². The normalized spacial score (nSPS) is 17.2. The molecule has 0 saturated heterocycles. The Labute approximate surface area is 137 Å². The third kappa shape index (κ3) is 3.01. The third-order valence-electron chi connectivity index (χ3n) is 3.89. The molecule has 7 nitrogen and oxygen atoms in total. The number of ether oxygens (including phenoxy) is 1. The van der Waals surface area contributed by atoms with Gasteiger partial charge in [0.1, 0.15) is 18.1 Å². The molecule has 3 rings (SSSR count). The fraction of sp³-hybridized carbons (Fsp3) is 0.400. The second kappa shape index (κ2) is 6.42. The Morgan fingerprint density at radius 1 is 1.42 bits per heavy atom. The number of carbonyl (C=O) groups is 1. The molecule has 2 heterocycles. The maximum absolute atomic E-state index is 13.1. The Kier molecular flexibility index (Phi) is 4.32. The largest absolute Gasteiger partial charge is 0.491 e. The average Bonchev–Trinajstić information content (AvgIpc) is 2.81. The molecule has 0 saturated carbocycles. The van der Waals surface area contributed by atoms with Crippen molar-refractivity contribution in [2.45, 2.75) is 25.9 Å². The van der Waals surface area contributed by atoms with Crippen molar-refractivity contribution in [3.05, 3.63) is 35.5 Å². The molecule has 1 aromatic carbocycles. The molecule has 24 heavy (non-hydrogen) atoms. The summed E-state index contributed by atoms with van der Waals surface area (Å²) in [6.45, 7) is 2.45. The molecule has 128 valence electrons. The lowest BCUT2D eigenvalue weighted by Gasteiger charge is -2.26. The van der Waals surface area contributed by atoms with E-state index in [2.05, 4.69) is 15.6 Å². The molecule has 2 aromatic rings. The molecule has 1 unspecified atom stereocenters. The summed E-state index contributed by atoms with van der Waals surface area (Å²) in [5.74, 6) is 0.482. The summed E-state index contributed by atoms with van der Waals surface area (Å²) in [4.78, 5) is 14.1. The van der Waals surface area contributed by atoms with Crippen LogP contribution in [0.4, 0.5) is 19.4 Å². The van der Waals surface area contributed by atoms with E-state index in [0.29, 0.717) is 18.9 Å². The molecule has 1 N–H and O–H groups in total. The first kappa shape index (κ1) is 16.2. The van der Waals surface area contributed by atoms with Crippen LogP contribution in [0.2, 0.25) is 0 Å². The summed E-state index contributed by atoms with van der Waals surface area (Å²) in [6.07, 6.45) is -2.79. The van der Waals surface area contributed by atoms with Gasteiger partial charge in [0.15, 0.2) is 5.82 Å². The predicted molar refractivity (Wildman–Crippen MR) is 81.9 cm³/mol. The minimum absolute atomic E-state index is 0.232. The van der Waals surface area contributed by atoms with Crippen molar-refractivity contribution < 1.29 is 18.3 Å². The van der Waals surface area contributed by atoms with E-state index in [-0.39, 0.29) is 11.9 Å². The Hall–Kier alpha value is -2.71. The number of benzene rings is 1. The highest BCUT2D eigenvalue weighted by Gasteiger charge is 2.28. The van der Waals surface area contributed by atoms with Crippen LogP contribution in [0.5, 0.6) is 5.75 Å². The van der Waals surface area contributed by atoms with Gasteiger partial charge in [0.2, 0.25) is 0 Å². The molecule has 0 radical (unpaired) electrons. The third-order valence-corrected chi connectivity index (χ3v) is 3.89. The van der Waals surface area contributed by atoms with E-state index < -0.39 is 18.2 Å². The quantitative estimate of drug-likeness (QED) is 0.914. The van der Waals surface area contributed by atoms with Gasteiger partial charge in [-0.15, -0.1) is 5.10 Å². The van der Waals surface area contributed by atoms with Gasteiger partial charge in [-0.05, 0) is 13.0 Å². The van der Waals surface area contributed by atoms with Crippen molar-refractivity contribution in [1.29, 1.82) is 0 Å². The number of hydrogen-bond donors (Lipinski definition) is 1. The first-order valence-corrected chi connectivity index (χ1v) is 7.43. The highest BCUT2D eigenvalue weighted by molar-refractivity contribution is 5.89. The zero-order chi connectivity index (χ0) is 17.3. The van der Waals surface area contributed by atoms with Crippen molar-refractivity contribution in [3.8, 4) is 5.75 Å². The van der Waals surface area contributed by atoms with Gasteiger partial charge in [0.05, 0.1) is 12.6 Å². The lowest BCUT2D eigenvalue weighted by Crippen LogP contribution is -2.42. The van der Waals surface area contributed by atoms with Crippen LogP contribution in [0, 0.1) is 0 Å². The average molecular weight is 337 g/mol. The number of nitrogens with one attached hydrogen (secondary N) is 1. The van der Waals surface area contributed by atoms with Crippen molar-refractivity contribution in [2.24, 2.45) is 7.05 Å². The van der Waals surface area contributed by atoms with Crippen LogP contribution < -0.4 is 10.1 Å². The Bertz CT molecular complexity index is 749. The van der Waals surface area contributed by atoms with E-state index in [1.807, 2.05) is 31.2 Å². The number of amides is 2. The molecule has 1 aliphatic rings. The van der Waals surface area contributed by atoms with Gasteiger partial charge in [-0.2, -0.15) is 0 Å². The standard InChI is InChI=1S/C15H17F2N5O2/c1-9-8-24-11-6-4-3-5-10(11)7-22(9)15(23)18-14-12(13(16)17)21(2)20-19-14/h3-6,9,13H,7-8H2,1-2H3,(H,18,23). The van der Waals surface area contributed by atoms with Crippen LogP contribution in [0.25, 0.3) is 0 Å². The van der Waals surface area contributed by atoms with Gasteiger partial charge < -0.3 is 9.64 Å². The maximum Gasteiger partial charge on any atom is 0.323 e. The number of hydrogen-bond acceptors (Lipinski definition) is 4. The van der Waals surface area contributed by atoms with Gasteiger partial charge in [-0.25, -0.2) is 18.3 Å². The van der Waals surface area contributed by atoms with E-state index >= 15 is 0 Å². The second-order valence-electron chi connectivity index (χ2n) is 5.57. The monoisotopic (exact) mass is 337 g/mol. The van der Waals surface area contributed by atoms with Crippen molar-refractivity contribution >= 4 is 11.8 Å². The fourth-order valence-corrected chi connectivity index (χ4v) is 2.56. The number of halogens is 2. The Balaban J connectivity index is 1.82. The van der Waals surface area contributed by atoms with Crippen molar-refractivity contribution in [1.82, 2.24) is 19.9 Å². The molecule has 0 bridgehead atoms. The number of carbonyl (C=O) groups excluding carboxylic acids is 1. The summed E-state index contributed by atoms with van der Waals surface area (Å²) in [5.41, 5.74) is 0.424. The summed E-state index contributed by atoms with van der Waals surface area (Å²) >= 11 is 0. The molecule has 1 aliphatic heterocycles. The smallest absolute Gasteiger partial charge is 0.323 e. The Morgan fingerprint density at radius 2 is 2.17 bits per heavy atom. The van der Waals surface area contributed by atoms with Crippen molar-refractivity contribution in [3.63, 3.8) is 0 Å². The van der Waals surface area contributed by atoms with E-state index in [4.69, 9.17) is 4.74 Å². The second-order valence-corrected chi connectivity index (χ2v) is 5.57. The van der Waals surface area contributed by atoms with Gasteiger partial charge in [0, 0.05) is 12.6 Å². The zero-order valence-electron chi connectivity index (χ0n) is 13.2. The van der Waals surface area contributed by atoms with Crippen LogP contribution in [-0.2, 0) is 13.6 Å². The predicted octanol–water partition coefficient (Wildman–Crippen LogP) is 2.57. The highest BCUT2D eigenvalue weighted by Crippen LogP contribution is 2.27. The summed E-state index contributed by atoms with van der Waals surface area (Å²) in [6, 6.07) is 6.65. The number of aryl methyl sites for hydroxylation is 1. The number of aromatic nitrogens is 3. The Morgan fingerprint density at radius 3 is 2.92 bits per heavy atom. The molecule has 1 atom stereocenters. The van der Waals surface area contributed by atoms with E-state index in [0.717, 1.165) is 10.2 Å². The minimum Gasteiger partial charge on any atom is -0.491 e. The summed E-state index contributed by atoms with van der Waals surface area (Å²) in [7, 11) is 1.35. The summed E-state index contributed by atoms with van der Waals surface area (Å²) < 4.78 is 32.8. The number of fused-ring (bicyclic) bond motifs is 1. The number of alkyl halides is 2. The summed E-state index contributed by atoms with van der Waals surface area (Å²) in [5, 5.41) is 9.57. The number of anilines is 1. The lowest BCUT2D eigenvalue weighted by molar-refractivity contribution is 0.141. The maximum atomic E-state index is 13.1. The topological polar surface area (TPSA) is 72.3 Å². The van der Waals surface area contributed by atoms with Gasteiger partial charge in [0.25, 0.3) is 6.43 Å². The zero-order valence-corrected chi connectivity index (χ0v) is 13.2. The van der Waals surface area contributed by atoms with Crippen LogP contribution in [0.1, 0.15) is 24.6 Å². The molecular formula is C15H17F2N5O2. The van der Waals surface area contributed by atoms with Crippen LogP contribution in [-0.4, -0.2) is 38.6 Å². The number of para-hydroxylation sites is 1. The van der Waals surface area contributed by atoms with E-state index in [9.17, 15) is 13.6 Å². The molecule has 0 fully saturated rings. The molecule has 9 heteroatoms. The van der Waals surface area contributed by atoms with Gasteiger partial charge in [-0.1, -0.05) is 23.4 Å². The molecule has 1 aromatic heterocycles. The highest BCUT2D eigenvalue weighted by atomic mass is 19.3. The van der Waals surface area contributed by atoms with E-state index in [1.165, 1.54) is 11.9 Å². The van der Waals surface area contributed by atoms with Crippen LogP contribution in [0.3, 0.4) is 0 Å². The first-order chi connectivity index (χ1) is 11.5.